The van der Waals surface area contributed by atoms with Crippen LogP contribution in [0.5, 0.6) is 5.88 Å². The molecule has 0 radical (unpaired) electrons. The number of nitrogens with zero attached hydrogens (tertiary/aromatic N) is 3. The predicted molar refractivity (Wildman–Crippen MR) is 172 cm³/mol. The summed E-state index contributed by atoms with van der Waals surface area (Å²) in [5.74, 6) is -0.433. The van der Waals surface area contributed by atoms with Crippen LogP contribution < -0.4 is 21.3 Å². The molecule has 46 heavy (non-hydrogen) atoms. The summed E-state index contributed by atoms with van der Waals surface area (Å²) < 4.78 is 29.1. The SMILES string of the molecule is COc1nc(-c2cccc(-c3cccc(NC(=O)c4cn(C)c(=O)n(C)c4=O)c3F)c2C)cc2c1[C@H](CC1=C(O)COCC1)CC2. The largest absolute Gasteiger partial charge is 0.510 e. The van der Waals surface area contributed by atoms with E-state index in [1.54, 1.807) is 25.3 Å². The number of fused-ring (bicyclic) bond motifs is 1. The van der Waals surface area contributed by atoms with Crippen LogP contribution in [-0.2, 0) is 25.3 Å². The smallest absolute Gasteiger partial charge is 0.330 e. The lowest BCUT2D eigenvalue weighted by atomic mass is 9.90. The van der Waals surface area contributed by atoms with Gasteiger partial charge in [0.05, 0.1) is 25.1 Å². The van der Waals surface area contributed by atoms with Gasteiger partial charge in [0.2, 0.25) is 5.88 Å². The average Bonchev–Trinajstić information content (AvgIpc) is 3.46. The maximum absolute atomic E-state index is 16.0. The summed E-state index contributed by atoms with van der Waals surface area (Å²) in [7, 11) is 4.31. The molecule has 2 aliphatic rings. The second-order valence-electron chi connectivity index (χ2n) is 11.8. The molecule has 4 aromatic rings. The second-order valence-corrected chi connectivity index (χ2v) is 11.8. The Hall–Kier alpha value is -5.03. The van der Waals surface area contributed by atoms with Gasteiger partial charge in [-0.15, -0.1) is 0 Å². The van der Waals surface area contributed by atoms with E-state index >= 15 is 4.39 Å². The molecule has 11 heteroatoms. The Balaban J connectivity index is 1.33. The summed E-state index contributed by atoms with van der Waals surface area (Å²) in [6, 6.07) is 12.3. The van der Waals surface area contributed by atoms with Crippen molar-refractivity contribution in [1.82, 2.24) is 14.1 Å². The number of aromatic nitrogens is 3. The van der Waals surface area contributed by atoms with Crippen molar-refractivity contribution in [1.29, 1.82) is 0 Å². The van der Waals surface area contributed by atoms with Crippen LogP contribution >= 0.6 is 0 Å². The van der Waals surface area contributed by atoms with Crippen molar-refractivity contribution >= 4 is 11.6 Å². The lowest BCUT2D eigenvalue weighted by Crippen LogP contribution is -2.40. The number of aliphatic hydroxyl groups excluding tert-OH is 1. The maximum Gasteiger partial charge on any atom is 0.330 e. The number of ether oxygens (including phenoxy) is 2. The molecule has 0 fully saturated rings. The van der Waals surface area contributed by atoms with Crippen LogP contribution in [0, 0.1) is 12.7 Å². The van der Waals surface area contributed by atoms with E-state index in [0.717, 1.165) is 62.4 Å². The first-order valence-electron chi connectivity index (χ1n) is 15.1. The van der Waals surface area contributed by atoms with Gasteiger partial charge < -0.3 is 24.5 Å². The standard InChI is InChI=1S/C35H35FN4O6/c1-19-23(25-9-6-10-27(31(25)36)37-32(42)26-17-39(2)35(44)40(3)34(26)43)7-5-8-24(19)28-16-22-12-11-21(30(22)33(38-28)45-4)15-20-13-14-46-18-29(20)41/h5-10,16-17,21,41H,11-15,18H2,1-4H3,(H,37,42)/t21-/m0/s1. The summed E-state index contributed by atoms with van der Waals surface area (Å²) in [4.78, 5) is 42.5. The lowest BCUT2D eigenvalue weighted by Gasteiger charge is -2.21. The molecule has 0 unspecified atom stereocenters. The van der Waals surface area contributed by atoms with Gasteiger partial charge in [0.1, 0.15) is 17.9 Å². The molecule has 238 valence electrons. The summed E-state index contributed by atoms with van der Waals surface area (Å²) >= 11 is 0. The van der Waals surface area contributed by atoms with Crippen molar-refractivity contribution in [3.8, 4) is 28.3 Å². The number of halogens is 1. The monoisotopic (exact) mass is 626 g/mol. The van der Waals surface area contributed by atoms with E-state index in [1.165, 1.54) is 20.2 Å². The van der Waals surface area contributed by atoms with Gasteiger partial charge in [0, 0.05) is 37.0 Å². The Labute approximate surface area is 264 Å². The number of nitrogens with one attached hydrogen (secondary N) is 1. The third-order valence-corrected chi connectivity index (χ3v) is 9.00. The molecule has 1 aliphatic carbocycles. The van der Waals surface area contributed by atoms with Crippen molar-refractivity contribution in [2.24, 2.45) is 14.1 Å². The van der Waals surface area contributed by atoms with E-state index in [9.17, 15) is 19.5 Å². The topological polar surface area (TPSA) is 125 Å². The number of methoxy groups -OCH3 is 1. The Bertz CT molecular complexity index is 2030. The van der Waals surface area contributed by atoms with Crippen LogP contribution in [-0.4, -0.2) is 45.5 Å². The average molecular weight is 627 g/mol. The summed E-state index contributed by atoms with van der Waals surface area (Å²) in [5.41, 5.74) is 4.69. The van der Waals surface area contributed by atoms with Crippen LogP contribution in [0.4, 0.5) is 10.1 Å². The van der Waals surface area contributed by atoms with Gasteiger partial charge in [-0.1, -0.05) is 30.3 Å². The first kappa shape index (κ1) is 31.0. The van der Waals surface area contributed by atoms with Crippen LogP contribution in [0.15, 0.2) is 69.6 Å². The molecule has 1 aliphatic heterocycles. The molecular weight excluding hydrogens is 591 g/mol. The number of hydrogen-bond donors (Lipinski definition) is 2. The van der Waals surface area contributed by atoms with Crippen molar-refractivity contribution in [2.75, 3.05) is 25.6 Å². The highest BCUT2D eigenvalue weighted by Crippen LogP contribution is 2.45. The van der Waals surface area contributed by atoms with Crippen molar-refractivity contribution in [2.45, 2.75) is 38.5 Å². The number of pyridine rings is 1. The number of hydrogen-bond acceptors (Lipinski definition) is 7. The molecule has 3 heterocycles. The number of aryl methyl sites for hydroxylation is 2. The first-order valence-corrected chi connectivity index (χ1v) is 15.1. The van der Waals surface area contributed by atoms with Crippen LogP contribution in [0.3, 0.4) is 0 Å². The summed E-state index contributed by atoms with van der Waals surface area (Å²) in [5, 5.41) is 12.9. The van der Waals surface area contributed by atoms with Gasteiger partial charge in [0.25, 0.3) is 11.5 Å². The van der Waals surface area contributed by atoms with E-state index in [1.807, 2.05) is 19.1 Å². The second kappa shape index (κ2) is 12.4. The fourth-order valence-corrected chi connectivity index (χ4v) is 6.52. The van der Waals surface area contributed by atoms with Gasteiger partial charge in [-0.3, -0.25) is 14.2 Å². The van der Waals surface area contributed by atoms with E-state index in [-0.39, 0.29) is 29.3 Å². The fraction of sp³-hybridized carbons (Fsp3) is 0.314. The predicted octanol–water partition coefficient (Wildman–Crippen LogP) is 5.17. The normalized spacial score (nSPS) is 16.0. The number of aliphatic hydroxyl groups is 1. The van der Waals surface area contributed by atoms with E-state index < -0.39 is 23.0 Å². The zero-order valence-corrected chi connectivity index (χ0v) is 26.1. The van der Waals surface area contributed by atoms with Crippen LogP contribution in [0.1, 0.15) is 52.2 Å². The Morgan fingerprint density at radius 2 is 1.87 bits per heavy atom. The molecule has 10 nitrogen and oxygen atoms in total. The van der Waals surface area contributed by atoms with E-state index in [4.69, 9.17) is 14.5 Å². The number of rotatable bonds is 7. The third kappa shape index (κ3) is 5.51. The molecular formula is C35H35FN4O6. The van der Waals surface area contributed by atoms with Gasteiger partial charge in [0.15, 0.2) is 5.82 Å². The molecule has 6 rings (SSSR count). The molecule has 2 aromatic carbocycles. The summed E-state index contributed by atoms with van der Waals surface area (Å²) in [6.45, 7) is 2.76. The van der Waals surface area contributed by atoms with Gasteiger partial charge in [-0.2, -0.15) is 0 Å². The third-order valence-electron chi connectivity index (χ3n) is 9.00. The minimum Gasteiger partial charge on any atom is -0.510 e. The number of benzene rings is 2. The minimum atomic E-state index is -0.825. The number of amides is 1. The van der Waals surface area contributed by atoms with Crippen molar-refractivity contribution < 1.29 is 23.8 Å². The Kier molecular flexibility index (Phi) is 8.35. The molecule has 0 spiro atoms. The van der Waals surface area contributed by atoms with Crippen molar-refractivity contribution in [3.05, 3.63) is 109 Å². The Morgan fingerprint density at radius 3 is 2.63 bits per heavy atom. The number of carbonyl (C=O) groups excluding carboxylic acids is 1. The van der Waals surface area contributed by atoms with E-state index in [0.29, 0.717) is 35.9 Å². The summed E-state index contributed by atoms with van der Waals surface area (Å²) in [6.07, 6.45) is 4.36. The highest BCUT2D eigenvalue weighted by atomic mass is 19.1. The minimum absolute atomic E-state index is 0.0998. The highest BCUT2D eigenvalue weighted by molar-refractivity contribution is 6.04. The number of carbonyl (C=O) groups is 1. The van der Waals surface area contributed by atoms with Gasteiger partial charge >= 0.3 is 5.69 Å². The molecule has 0 saturated heterocycles. The van der Waals surface area contributed by atoms with Gasteiger partial charge in [-0.05, 0) is 72.9 Å². The lowest BCUT2D eigenvalue weighted by molar-refractivity contribution is 0.102. The van der Waals surface area contributed by atoms with Gasteiger partial charge in [-0.25, -0.2) is 14.2 Å². The molecule has 2 aromatic heterocycles. The van der Waals surface area contributed by atoms with Crippen LogP contribution in [0.2, 0.25) is 0 Å². The van der Waals surface area contributed by atoms with Crippen LogP contribution in [0.25, 0.3) is 22.4 Å². The quantitative estimate of drug-likeness (QED) is 0.290. The first-order chi connectivity index (χ1) is 22.1. The molecule has 2 N–H and O–H groups in total. The Morgan fingerprint density at radius 1 is 1.13 bits per heavy atom. The number of anilines is 1. The zero-order chi connectivity index (χ0) is 32.7. The zero-order valence-electron chi connectivity index (χ0n) is 26.1. The molecule has 1 amide bonds. The maximum atomic E-state index is 16.0. The van der Waals surface area contributed by atoms with E-state index in [2.05, 4.69) is 11.4 Å². The highest BCUT2D eigenvalue weighted by Gasteiger charge is 2.31. The molecule has 0 bridgehead atoms. The molecule has 1 atom stereocenters. The fourth-order valence-electron chi connectivity index (χ4n) is 6.52. The van der Waals surface area contributed by atoms with Crippen molar-refractivity contribution in [3.63, 3.8) is 0 Å². The molecule has 0 saturated carbocycles.